The lowest BCUT2D eigenvalue weighted by atomic mass is 9.87. The van der Waals surface area contributed by atoms with Crippen molar-refractivity contribution in [3.8, 4) is 0 Å². The van der Waals surface area contributed by atoms with Crippen LogP contribution < -0.4 is 5.73 Å². The van der Waals surface area contributed by atoms with Gasteiger partial charge in [0.2, 0.25) is 5.95 Å². The van der Waals surface area contributed by atoms with Gasteiger partial charge in [-0.2, -0.15) is 0 Å². The van der Waals surface area contributed by atoms with Crippen LogP contribution in [-0.2, 0) is 4.79 Å². The summed E-state index contributed by atoms with van der Waals surface area (Å²) in [6.07, 6.45) is 4.54. The van der Waals surface area contributed by atoms with E-state index >= 15 is 0 Å². The van der Waals surface area contributed by atoms with Crippen LogP contribution in [0.3, 0.4) is 0 Å². The predicted molar refractivity (Wildman–Crippen MR) is 69.5 cm³/mol. The molecule has 1 aliphatic carbocycles. The number of hydrogen-bond donors (Lipinski definition) is 2. The molecule has 1 heterocycles. The van der Waals surface area contributed by atoms with Gasteiger partial charge in [-0.3, -0.25) is 9.36 Å². The second-order valence-corrected chi connectivity index (χ2v) is 5.76. The summed E-state index contributed by atoms with van der Waals surface area (Å²) in [7, 11) is 0. The fourth-order valence-electron chi connectivity index (χ4n) is 2.49. The largest absolute Gasteiger partial charge is 0.481 e. The molecule has 2 rings (SSSR count). The number of aromatic nitrogens is 3. The number of nitrogens with two attached hydrogens (primary N) is 1. The molecule has 0 spiro atoms. The number of rotatable bonds is 4. The monoisotopic (exact) mass is 270 g/mol. The Hall–Kier alpha value is -1.24. The normalized spacial score (nSPS) is 24.1. The van der Waals surface area contributed by atoms with Gasteiger partial charge in [0, 0.05) is 6.04 Å². The van der Waals surface area contributed by atoms with Crippen LogP contribution in [0.2, 0.25) is 0 Å². The Morgan fingerprint density at radius 3 is 3.00 bits per heavy atom. The number of carboxylic acids is 1. The summed E-state index contributed by atoms with van der Waals surface area (Å²) in [5, 5.41) is 17.2. The summed E-state index contributed by atoms with van der Waals surface area (Å²) in [4.78, 5) is 10.6. The molecule has 6 nitrogen and oxygen atoms in total. The Balaban J connectivity index is 2.15. The van der Waals surface area contributed by atoms with Gasteiger partial charge >= 0.3 is 5.97 Å². The van der Waals surface area contributed by atoms with Gasteiger partial charge in [-0.15, -0.1) is 10.2 Å². The van der Waals surface area contributed by atoms with Crippen molar-refractivity contribution in [2.75, 3.05) is 11.5 Å². The SMILES string of the molecule is CC1CCCC(n2c(N)nnc2SCC(=O)O)C1. The number of nitrogens with zero attached hydrogens (tertiary/aromatic N) is 3. The van der Waals surface area contributed by atoms with Gasteiger partial charge in [-0.25, -0.2) is 0 Å². The molecule has 2 unspecified atom stereocenters. The molecule has 0 radical (unpaired) electrons. The summed E-state index contributed by atoms with van der Waals surface area (Å²) in [5.41, 5.74) is 5.85. The molecule has 100 valence electrons. The second-order valence-electron chi connectivity index (χ2n) is 4.82. The Morgan fingerprint density at radius 2 is 2.33 bits per heavy atom. The van der Waals surface area contributed by atoms with E-state index in [2.05, 4.69) is 17.1 Å². The van der Waals surface area contributed by atoms with Crippen molar-refractivity contribution < 1.29 is 9.90 Å². The van der Waals surface area contributed by atoms with Crippen molar-refractivity contribution in [2.45, 2.75) is 43.8 Å². The number of thioether (sulfide) groups is 1. The number of nitrogen functional groups attached to an aromatic ring is 1. The first-order chi connectivity index (χ1) is 8.58. The molecule has 0 saturated heterocycles. The zero-order chi connectivity index (χ0) is 13.1. The van der Waals surface area contributed by atoms with E-state index in [0.717, 1.165) is 12.8 Å². The smallest absolute Gasteiger partial charge is 0.313 e. The van der Waals surface area contributed by atoms with Crippen LogP contribution in [0.25, 0.3) is 0 Å². The summed E-state index contributed by atoms with van der Waals surface area (Å²) in [5.74, 6) is 0.190. The van der Waals surface area contributed by atoms with E-state index in [9.17, 15) is 4.79 Å². The van der Waals surface area contributed by atoms with Crippen molar-refractivity contribution in [3.63, 3.8) is 0 Å². The van der Waals surface area contributed by atoms with Gasteiger partial charge in [0.25, 0.3) is 0 Å². The fraction of sp³-hybridized carbons (Fsp3) is 0.727. The number of hydrogen-bond acceptors (Lipinski definition) is 5. The Kier molecular flexibility index (Phi) is 4.11. The van der Waals surface area contributed by atoms with Crippen molar-refractivity contribution in [3.05, 3.63) is 0 Å². The first-order valence-electron chi connectivity index (χ1n) is 6.13. The van der Waals surface area contributed by atoms with E-state index < -0.39 is 5.97 Å². The van der Waals surface area contributed by atoms with Crippen molar-refractivity contribution in [1.29, 1.82) is 0 Å². The van der Waals surface area contributed by atoms with Crippen LogP contribution in [0.4, 0.5) is 5.95 Å². The van der Waals surface area contributed by atoms with E-state index in [1.165, 1.54) is 24.6 Å². The highest BCUT2D eigenvalue weighted by Crippen LogP contribution is 2.35. The van der Waals surface area contributed by atoms with Crippen LogP contribution in [-0.4, -0.2) is 31.6 Å². The number of aliphatic carboxylic acids is 1. The molecule has 1 fully saturated rings. The van der Waals surface area contributed by atoms with E-state index in [1.807, 2.05) is 4.57 Å². The minimum absolute atomic E-state index is 0.0135. The lowest BCUT2D eigenvalue weighted by Crippen LogP contribution is -2.20. The molecule has 0 aliphatic heterocycles. The van der Waals surface area contributed by atoms with Crippen LogP contribution >= 0.6 is 11.8 Å². The molecule has 2 atom stereocenters. The number of anilines is 1. The minimum atomic E-state index is -0.856. The highest BCUT2D eigenvalue weighted by Gasteiger charge is 2.25. The first kappa shape index (κ1) is 13.2. The third kappa shape index (κ3) is 2.95. The molecule has 0 amide bonds. The molecule has 0 bridgehead atoms. The zero-order valence-corrected chi connectivity index (χ0v) is 11.2. The average Bonchev–Trinajstić information content (AvgIpc) is 2.68. The summed E-state index contributed by atoms with van der Waals surface area (Å²) >= 11 is 1.18. The van der Waals surface area contributed by atoms with Crippen LogP contribution in [0.5, 0.6) is 0 Å². The highest BCUT2D eigenvalue weighted by atomic mass is 32.2. The topological polar surface area (TPSA) is 94.0 Å². The summed E-state index contributed by atoms with van der Waals surface area (Å²) in [6.45, 7) is 2.23. The molecule has 7 heteroatoms. The lowest BCUT2D eigenvalue weighted by Gasteiger charge is -2.28. The third-order valence-corrected chi connectivity index (χ3v) is 4.22. The van der Waals surface area contributed by atoms with E-state index in [4.69, 9.17) is 10.8 Å². The molecule has 18 heavy (non-hydrogen) atoms. The molecule has 1 aliphatic rings. The van der Waals surface area contributed by atoms with E-state index in [-0.39, 0.29) is 5.75 Å². The van der Waals surface area contributed by atoms with Gasteiger partial charge in [0.15, 0.2) is 5.16 Å². The van der Waals surface area contributed by atoms with Crippen molar-refractivity contribution in [2.24, 2.45) is 5.92 Å². The number of carboxylic acid groups (broad SMARTS) is 1. The molecular formula is C11H18N4O2S. The Bertz CT molecular complexity index is 435. The standard InChI is InChI=1S/C11H18N4O2S/c1-7-3-2-4-8(5-7)15-10(12)13-14-11(15)18-6-9(16)17/h7-8H,2-6H2,1H3,(H2,12,13)(H,16,17). The van der Waals surface area contributed by atoms with Crippen LogP contribution in [0.1, 0.15) is 38.6 Å². The highest BCUT2D eigenvalue weighted by molar-refractivity contribution is 7.99. The number of carbonyl (C=O) groups is 1. The quantitative estimate of drug-likeness (QED) is 0.810. The predicted octanol–water partition coefficient (Wildman–Crippen LogP) is 1.79. The van der Waals surface area contributed by atoms with Crippen molar-refractivity contribution in [1.82, 2.24) is 14.8 Å². The molecule has 1 aromatic heterocycles. The lowest BCUT2D eigenvalue weighted by molar-refractivity contribution is -0.133. The Morgan fingerprint density at radius 1 is 1.56 bits per heavy atom. The summed E-state index contributed by atoms with van der Waals surface area (Å²) < 4.78 is 1.91. The Labute approximate surface area is 110 Å². The van der Waals surface area contributed by atoms with Crippen molar-refractivity contribution >= 4 is 23.7 Å². The first-order valence-corrected chi connectivity index (χ1v) is 7.11. The zero-order valence-electron chi connectivity index (χ0n) is 10.4. The fourth-order valence-corrected chi connectivity index (χ4v) is 3.23. The molecule has 3 N–H and O–H groups in total. The molecule has 0 aromatic carbocycles. The van der Waals surface area contributed by atoms with Gasteiger partial charge in [0.1, 0.15) is 0 Å². The van der Waals surface area contributed by atoms with Crippen LogP contribution in [0, 0.1) is 5.92 Å². The van der Waals surface area contributed by atoms with E-state index in [0.29, 0.717) is 23.1 Å². The maximum Gasteiger partial charge on any atom is 0.313 e. The maximum absolute atomic E-state index is 10.6. The second kappa shape index (κ2) is 5.60. The molecular weight excluding hydrogens is 252 g/mol. The minimum Gasteiger partial charge on any atom is -0.481 e. The van der Waals surface area contributed by atoms with Gasteiger partial charge in [0.05, 0.1) is 5.75 Å². The third-order valence-electron chi connectivity index (χ3n) is 3.29. The van der Waals surface area contributed by atoms with Crippen LogP contribution in [0.15, 0.2) is 5.16 Å². The maximum atomic E-state index is 10.6. The van der Waals surface area contributed by atoms with Gasteiger partial charge in [-0.1, -0.05) is 31.5 Å². The van der Waals surface area contributed by atoms with E-state index in [1.54, 1.807) is 0 Å². The van der Waals surface area contributed by atoms with Gasteiger partial charge in [-0.05, 0) is 18.8 Å². The van der Waals surface area contributed by atoms with Gasteiger partial charge < -0.3 is 10.8 Å². The summed E-state index contributed by atoms with van der Waals surface area (Å²) in [6, 6.07) is 0.306. The molecule has 1 aromatic rings. The average molecular weight is 270 g/mol. The molecule has 1 saturated carbocycles.